The largest absolute Gasteiger partial charge is 0.338 e. The number of piperidine rings is 1. The Balaban J connectivity index is 1.57. The molecule has 1 fully saturated rings. The number of benzene rings is 1. The molecule has 0 spiro atoms. The van der Waals surface area contributed by atoms with Gasteiger partial charge in [0.05, 0.1) is 9.77 Å². The standard InChI is InChI=1S/C18H21N3O4S2/c1-13(22)19-14-4-6-16(7-5-14)27(24,25)20-15-8-10-21(11-9-15)18(23)17-3-2-12-26-17/h2-7,12,15,20H,8-11H2,1H3,(H,19,22). The van der Waals surface area contributed by atoms with Gasteiger partial charge >= 0.3 is 0 Å². The Labute approximate surface area is 162 Å². The molecule has 0 unspecified atom stereocenters. The number of nitrogens with zero attached hydrogens (tertiary/aromatic N) is 1. The number of hydrogen-bond donors (Lipinski definition) is 2. The van der Waals surface area contributed by atoms with Crippen molar-refractivity contribution in [1.29, 1.82) is 0 Å². The van der Waals surface area contributed by atoms with Crippen LogP contribution < -0.4 is 10.0 Å². The normalized spacial score (nSPS) is 15.5. The third kappa shape index (κ3) is 4.94. The van der Waals surface area contributed by atoms with Gasteiger partial charge in [0.15, 0.2) is 0 Å². The summed E-state index contributed by atoms with van der Waals surface area (Å²) in [6, 6.07) is 9.46. The van der Waals surface area contributed by atoms with Crippen molar-refractivity contribution in [3.8, 4) is 0 Å². The fraction of sp³-hybridized carbons (Fsp3) is 0.333. The van der Waals surface area contributed by atoms with E-state index in [9.17, 15) is 18.0 Å². The second-order valence-electron chi connectivity index (χ2n) is 6.37. The lowest BCUT2D eigenvalue weighted by Gasteiger charge is -2.32. The predicted octanol–water partition coefficient (Wildman–Crippen LogP) is 2.29. The summed E-state index contributed by atoms with van der Waals surface area (Å²) in [4.78, 5) is 26.0. The summed E-state index contributed by atoms with van der Waals surface area (Å²) in [5, 5.41) is 4.47. The summed E-state index contributed by atoms with van der Waals surface area (Å²) in [5.41, 5.74) is 0.543. The number of amides is 2. The number of sulfonamides is 1. The van der Waals surface area contributed by atoms with Crippen molar-refractivity contribution in [3.05, 3.63) is 46.7 Å². The molecule has 9 heteroatoms. The first-order chi connectivity index (χ1) is 12.8. The SMILES string of the molecule is CC(=O)Nc1ccc(S(=O)(=O)NC2CCN(C(=O)c3cccs3)CC2)cc1. The van der Waals surface area contributed by atoms with Crippen LogP contribution in [0.4, 0.5) is 5.69 Å². The van der Waals surface area contributed by atoms with Crippen LogP contribution in [-0.2, 0) is 14.8 Å². The fourth-order valence-electron chi connectivity index (χ4n) is 2.96. The first-order valence-electron chi connectivity index (χ1n) is 8.58. The van der Waals surface area contributed by atoms with Crippen LogP contribution in [0.3, 0.4) is 0 Å². The Kier molecular flexibility index (Phi) is 5.93. The van der Waals surface area contributed by atoms with Crippen molar-refractivity contribution in [2.24, 2.45) is 0 Å². The maximum absolute atomic E-state index is 12.6. The zero-order chi connectivity index (χ0) is 19.4. The topological polar surface area (TPSA) is 95.6 Å². The predicted molar refractivity (Wildman–Crippen MR) is 104 cm³/mol. The van der Waals surface area contributed by atoms with Gasteiger partial charge in [0.2, 0.25) is 15.9 Å². The van der Waals surface area contributed by atoms with Gasteiger partial charge in [0.1, 0.15) is 0 Å². The van der Waals surface area contributed by atoms with Crippen LogP contribution in [0.25, 0.3) is 0 Å². The third-order valence-electron chi connectivity index (χ3n) is 4.32. The molecule has 27 heavy (non-hydrogen) atoms. The van der Waals surface area contributed by atoms with E-state index in [1.807, 2.05) is 11.4 Å². The lowest BCUT2D eigenvalue weighted by atomic mass is 10.1. The van der Waals surface area contributed by atoms with Gasteiger partial charge in [-0.1, -0.05) is 6.07 Å². The van der Waals surface area contributed by atoms with E-state index < -0.39 is 10.0 Å². The molecule has 1 aromatic carbocycles. The van der Waals surface area contributed by atoms with Crippen LogP contribution in [0.1, 0.15) is 29.4 Å². The summed E-state index contributed by atoms with van der Waals surface area (Å²) in [5.74, 6) is -0.215. The Morgan fingerprint density at radius 3 is 2.33 bits per heavy atom. The number of thiophene rings is 1. The van der Waals surface area contributed by atoms with Gasteiger partial charge in [-0.05, 0) is 48.6 Å². The van der Waals surface area contributed by atoms with Crippen LogP contribution in [0.5, 0.6) is 0 Å². The quantitative estimate of drug-likeness (QED) is 0.795. The van der Waals surface area contributed by atoms with Crippen molar-refractivity contribution in [1.82, 2.24) is 9.62 Å². The minimum Gasteiger partial charge on any atom is -0.338 e. The zero-order valence-corrected chi connectivity index (χ0v) is 16.5. The molecular formula is C18H21N3O4S2. The van der Waals surface area contributed by atoms with Gasteiger partial charge in [-0.25, -0.2) is 13.1 Å². The van der Waals surface area contributed by atoms with Gasteiger partial charge in [-0.3, -0.25) is 9.59 Å². The molecule has 144 valence electrons. The second-order valence-corrected chi connectivity index (χ2v) is 9.03. The van der Waals surface area contributed by atoms with Crippen molar-refractivity contribution in [2.75, 3.05) is 18.4 Å². The number of carbonyl (C=O) groups is 2. The number of rotatable bonds is 5. The molecule has 0 atom stereocenters. The Morgan fingerprint density at radius 1 is 1.11 bits per heavy atom. The molecule has 0 aliphatic carbocycles. The minimum atomic E-state index is -3.65. The summed E-state index contributed by atoms with van der Waals surface area (Å²) in [7, 11) is -3.65. The summed E-state index contributed by atoms with van der Waals surface area (Å²) in [6.45, 7) is 2.43. The maximum Gasteiger partial charge on any atom is 0.263 e. The molecule has 2 amide bonds. The highest BCUT2D eigenvalue weighted by Gasteiger charge is 2.27. The molecule has 2 N–H and O–H groups in total. The zero-order valence-electron chi connectivity index (χ0n) is 14.8. The van der Waals surface area contributed by atoms with Crippen LogP contribution in [0, 0.1) is 0 Å². The average molecular weight is 408 g/mol. The highest BCUT2D eigenvalue weighted by molar-refractivity contribution is 7.89. The average Bonchev–Trinajstić information content (AvgIpc) is 3.16. The highest BCUT2D eigenvalue weighted by Crippen LogP contribution is 2.19. The van der Waals surface area contributed by atoms with Crippen molar-refractivity contribution in [3.63, 3.8) is 0 Å². The van der Waals surface area contributed by atoms with E-state index in [-0.39, 0.29) is 22.8 Å². The summed E-state index contributed by atoms with van der Waals surface area (Å²) < 4.78 is 27.8. The first kappa shape index (κ1) is 19.5. The minimum absolute atomic E-state index is 0.000123. The Hall–Kier alpha value is -2.23. The molecule has 0 radical (unpaired) electrons. The highest BCUT2D eigenvalue weighted by atomic mass is 32.2. The van der Waals surface area contributed by atoms with E-state index in [2.05, 4.69) is 10.0 Å². The molecule has 0 bridgehead atoms. The van der Waals surface area contributed by atoms with Gasteiger partial charge in [0, 0.05) is 31.7 Å². The monoisotopic (exact) mass is 407 g/mol. The van der Waals surface area contributed by atoms with Crippen LogP contribution >= 0.6 is 11.3 Å². The van der Waals surface area contributed by atoms with Crippen LogP contribution in [0.15, 0.2) is 46.7 Å². The number of carbonyl (C=O) groups excluding carboxylic acids is 2. The van der Waals surface area contributed by atoms with Crippen molar-refractivity contribution < 1.29 is 18.0 Å². The first-order valence-corrected chi connectivity index (χ1v) is 10.9. The van der Waals surface area contributed by atoms with Crippen molar-refractivity contribution in [2.45, 2.75) is 30.7 Å². The third-order valence-corrected chi connectivity index (χ3v) is 6.72. The van der Waals surface area contributed by atoms with E-state index in [4.69, 9.17) is 0 Å². The maximum atomic E-state index is 12.6. The number of hydrogen-bond acceptors (Lipinski definition) is 5. The molecule has 1 saturated heterocycles. The van der Waals surface area contributed by atoms with Crippen LogP contribution in [-0.4, -0.2) is 44.3 Å². The molecule has 1 aliphatic rings. The molecule has 2 aromatic rings. The molecule has 7 nitrogen and oxygen atoms in total. The van der Waals surface area contributed by atoms with Crippen LogP contribution in [0.2, 0.25) is 0 Å². The van der Waals surface area contributed by atoms with Crippen molar-refractivity contribution >= 4 is 38.9 Å². The molecule has 2 heterocycles. The van der Waals surface area contributed by atoms with Gasteiger partial charge < -0.3 is 10.2 Å². The Morgan fingerprint density at radius 2 is 1.78 bits per heavy atom. The van der Waals surface area contributed by atoms with E-state index >= 15 is 0 Å². The smallest absolute Gasteiger partial charge is 0.263 e. The second kappa shape index (κ2) is 8.20. The van der Waals surface area contributed by atoms with Gasteiger partial charge in [0.25, 0.3) is 5.91 Å². The fourth-order valence-corrected chi connectivity index (χ4v) is 4.96. The molecule has 0 saturated carbocycles. The summed E-state index contributed by atoms with van der Waals surface area (Å²) >= 11 is 1.41. The molecule has 1 aromatic heterocycles. The molecule has 3 rings (SSSR count). The lowest BCUT2D eigenvalue weighted by Crippen LogP contribution is -2.46. The van der Waals surface area contributed by atoms with E-state index in [0.717, 1.165) is 0 Å². The van der Waals surface area contributed by atoms with E-state index in [1.54, 1.807) is 23.1 Å². The Bertz CT molecular complexity index is 901. The number of likely N-dealkylation sites (tertiary alicyclic amines) is 1. The number of anilines is 1. The van der Waals surface area contributed by atoms with E-state index in [0.29, 0.717) is 36.5 Å². The van der Waals surface area contributed by atoms with E-state index in [1.165, 1.54) is 30.4 Å². The lowest BCUT2D eigenvalue weighted by molar-refractivity contribution is -0.114. The van der Waals surface area contributed by atoms with Gasteiger partial charge in [-0.15, -0.1) is 11.3 Å². The number of nitrogens with one attached hydrogen (secondary N) is 2. The van der Waals surface area contributed by atoms with Gasteiger partial charge in [-0.2, -0.15) is 0 Å². The molecular weight excluding hydrogens is 386 g/mol. The molecule has 1 aliphatic heterocycles. The summed E-state index contributed by atoms with van der Waals surface area (Å²) in [6.07, 6.45) is 1.14.